The smallest absolute Gasteiger partial charge is 0.223 e. The zero-order chi connectivity index (χ0) is 25.2. The second-order valence-electron chi connectivity index (χ2n) is 8.49. The van der Waals surface area contributed by atoms with Crippen molar-refractivity contribution in [1.82, 2.24) is 29.8 Å². The summed E-state index contributed by atoms with van der Waals surface area (Å²) in [5.74, 6) is 1.39. The van der Waals surface area contributed by atoms with Gasteiger partial charge < -0.3 is 25.7 Å². The van der Waals surface area contributed by atoms with Crippen molar-refractivity contribution < 1.29 is 13.9 Å². The van der Waals surface area contributed by atoms with Crippen molar-refractivity contribution in [3.05, 3.63) is 54.6 Å². The number of nitrogen functional groups attached to an aromatic ring is 1. The average molecular weight is 489 g/mol. The normalized spacial score (nSPS) is 15.2. The number of rotatable bonds is 6. The van der Waals surface area contributed by atoms with Crippen LogP contribution in [-0.2, 0) is 4.79 Å². The van der Waals surface area contributed by atoms with Crippen molar-refractivity contribution in [3.63, 3.8) is 0 Å². The molecule has 5 rings (SSSR count). The Morgan fingerprint density at radius 3 is 2.72 bits per heavy atom. The first kappa shape index (κ1) is 23.2. The van der Waals surface area contributed by atoms with E-state index in [1.54, 1.807) is 48.5 Å². The SMILES string of the molecule is COc1cc(-c2nc(-c3ccc(F)cc3)[nH]c2-c2ccnc(N[C@@H]3CCN(C(C)=O)C3)n2)cnc1N. The monoisotopic (exact) mass is 488 g/mol. The third kappa shape index (κ3) is 4.67. The molecule has 0 aliphatic carbocycles. The highest BCUT2D eigenvalue weighted by Crippen LogP contribution is 2.34. The average Bonchev–Trinajstić information content (AvgIpc) is 3.53. The number of amides is 1. The Hall–Kier alpha value is -4.54. The van der Waals surface area contributed by atoms with Crippen LogP contribution in [0.25, 0.3) is 34.0 Å². The lowest BCUT2D eigenvalue weighted by Crippen LogP contribution is -2.30. The number of methoxy groups -OCH3 is 1. The lowest BCUT2D eigenvalue weighted by molar-refractivity contribution is -0.127. The van der Waals surface area contributed by atoms with Gasteiger partial charge in [0.15, 0.2) is 11.6 Å². The summed E-state index contributed by atoms with van der Waals surface area (Å²) in [5, 5.41) is 3.32. The van der Waals surface area contributed by atoms with Gasteiger partial charge in [-0.2, -0.15) is 0 Å². The van der Waals surface area contributed by atoms with Crippen LogP contribution in [0.5, 0.6) is 5.75 Å². The van der Waals surface area contributed by atoms with Gasteiger partial charge in [-0.3, -0.25) is 4.79 Å². The number of nitrogens with two attached hydrogens (primary N) is 1. The van der Waals surface area contributed by atoms with Gasteiger partial charge >= 0.3 is 0 Å². The van der Waals surface area contributed by atoms with Crippen LogP contribution in [-0.4, -0.2) is 62.0 Å². The highest BCUT2D eigenvalue weighted by atomic mass is 19.1. The number of H-pyrrole nitrogens is 1. The molecule has 0 unspecified atom stereocenters. The van der Waals surface area contributed by atoms with Crippen LogP contribution in [0.4, 0.5) is 16.2 Å². The number of nitrogens with one attached hydrogen (secondary N) is 2. The summed E-state index contributed by atoms with van der Waals surface area (Å²) in [6.07, 6.45) is 4.08. The van der Waals surface area contributed by atoms with Gasteiger partial charge in [-0.25, -0.2) is 24.3 Å². The van der Waals surface area contributed by atoms with E-state index in [9.17, 15) is 9.18 Å². The Bertz CT molecular complexity index is 1410. The van der Waals surface area contributed by atoms with E-state index in [-0.39, 0.29) is 23.6 Å². The summed E-state index contributed by atoms with van der Waals surface area (Å²) in [5.41, 5.74) is 9.09. The molecule has 1 fully saturated rings. The summed E-state index contributed by atoms with van der Waals surface area (Å²) in [6.45, 7) is 2.87. The van der Waals surface area contributed by atoms with Crippen LogP contribution in [0.1, 0.15) is 13.3 Å². The highest BCUT2D eigenvalue weighted by Gasteiger charge is 2.25. The summed E-state index contributed by atoms with van der Waals surface area (Å²) in [7, 11) is 1.52. The van der Waals surface area contributed by atoms with Crippen LogP contribution in [0.3, 0.4) is 0 Å². The number of hydrogen-bond donors (Lipinski definition) is 3. The molecule has 1 amide bonds. The summed E-state index contributed by atoms with van der Waals surface area (Å²) in [4.78, 5) is 34.9. The first-order chi connectivity index (χ1) is 17.4. The van der Waals surface area contributed by atoms with Gasteiger partial charge in [-0.05, 0) is 42.8 Å². The minimum atomic E-state index is -0.333. The molecule has 0 radical (unpaired) electrons. The minimum Gasteiger partial charge on any atom is -0.493 e. The van der Waals surface area contributed by atoms with Gasteiger partial charge in [0.2, 0.25) is 11.9 Å². The molecule has 0 spiro atoms. The number of likely N-dealkylation sites (tertiary alicyclic amines) is 1. The maximum absolute atomic E-state index is 13.5. The van der Waals surface area contributed by atoms with Crippen molar-refractivity contribution in [2.45, 2.75) is 19.4 Å². The quantitative estimate of drug-likeness (QED) is 0.376. The number of carbonyl (C=O) groups excluding carboxylic acids is 1. The highest BCUT2D eigenvalue weighted by molar-refractivity contribution is 5.81. The fourth-order valence-corrected chi connectivity index (χ4v) is 4.17. The zero-order valence-electron chi connectivity index (χ0n) is 19.8. The number of ether oxygens (including phenoxy) is 1. The summed E-state index contributed by atoms with van der Waals surface area (Å²) < 4.78 is 18.9. The number of nitrogens with zero attached hydrogens (tertiary/aromatic N) is 5. The fourth-order valence-electron chi connectivity index (χ4n) is 4.17. The van der Waals surface area contributed by atoms with Crippen molar-refractivity contribution in [1.29, 1.82) is 0 Å². The lowest BCUT2D eigenvalue weighted by Gasteiger charge is -2.15. The molecule has 4 N–H and O–H groups in total. The number of aromatic nitrogens is 5. The summed E-state index contributed by atoms with van der Waals surface area (Å²) in [6, 6.07) is 9.65. The van der Waals surface area contributed by atoms with Crippen molar-refractivity contribution in [3.8, 4) is 39.8 Å². The first-order valence-electron chi connectivity index (χ1n) is 11.4. The van der Waals surface area contributed by atoms with E-state index in [0.29, 0.717) is 58.8 Å². The van der Waals surface area contributed by atoms with Gasteiger partial charge in [-0.1, -0.05) is 0 Å². The second-order valence-corrected chi connectivity index (χ2v) is 8.49. The molecular formula is C25H25FN8O2. The third-order valence-corrected chi connectivity index (χ3v) is 6.08. The second kappa shape index (κ2) is 9.61. The number of benzene rings is 1. The van der Waals surface area contributed by atoms with E-state index in [1.165, 1.54) is 19.2 Å². The van der Waals surface area contributed by atoms with Crippen LogP contribution in [0, 0.1) is 5.82 Å². The first-order valence-corrected chi connectivity index (χ1v) is 11.4. The van der Waals surface area contributed by atoms with Gasteiger partial charge in [-0.15, -0.1) is 0 Å². The molecular weight excluding hydrogens is 463 g/mol. The maximum atomic E-state index is 13.5. The molecule has 1 saturated heterocycles. The Morgan fingerprint density at radius 1 is 1.19 bits per heavy atom. The number of anilines is 2. The fraction of sp³-hybridized carbons (Fsp3) is 0.240. The molecule has 36 heavy (non-hydrogen) atoms. The molecule has 11 heteroatoms. The Labute approximate surface area is 206 Å². The number of aromatic amines is 1. The molecule has 3 aromatic heterocycles. The van der Waals surface area contributed by atoms with Gasteiger partial charge in [0.05, 0.1) is 18.5 Å². The number of halogens is 1. The molecule has 1 aliphatic rings. The van der Waals surface area contributed by atoms with Crippen LogP contribution < -0.4 is 15.8 Å². The van der Waals surface area contributed by atoms with Crippen molar-refractivity contribution >= 4 is 17.7 Å². The van der Waals surface area contributed by atoms with Crippen LogP contribution in [0.15, 0.2) is 48.8 Å². The molecule has 0 saturated carbocycles. The summed E-state index contributed by atoms with van der Waals surface area (Å²) >= 11 is 0. The van der Waals surface area contributed by atoms with E-state index in [0.717, 1.165) is 6.42 Å². The van der Waals surface area contributed by atoms with E-state index >= 15 is 0 Å². The standard InChI is InChI=1S/C25H25FN8O2/c1-14(35)34-10-8-18(13-34)30-25-28-9-7-19(31-25)22-21(16-11-20(36-2)23(27)29-12-16)32-24(33-22)15-3-5-17(26)6-4-15/h3-7,9,11-12,18H,8,10,13H2,1-2H3,(H2,27,29)(H,32,33)(H,28,30,31)/t18-/m1/s1. The Morgan fingerprint density at radius 2 is 2.00 bits per heavy atom. The number of imidazole rings is 1. The van der Waals surface area contributed by atoms with Gasteiger partial charge in [0.1, 0.15) is 17.3 Å². The molecule has 1 aromatic carbocycles. The molecule has 4 aromatic rings. The lowest BCUT2D eigenvalue weighted by atomic mass is 10.1. The third-order valence-electron chi connectivity index (χ3n) is 6.08. The van der Waals surface area contributed by atoms with Crippen molar-refractivity contribution in [2.24, 2.45) is 0 Å². The van der Waals surface area contributed by atoms with Gasteiger partial charge in [0, 0.05) is 49.6 Å². The van der Waals surface area contributed by atoms with Crippen LogP contribution in [0.2, 0.25) is 0 Å². The zero-order valence-corrected chi connectivity index (χ0v) is 19.8. The molecule has 10 nitrogen and oxygen atoms in total. The predicted octanol–water partition coefficient (Wildman–Crippen LogP) is 3.36. The van der Waals surface area contributed by atoms with E-state index in [1.807, 2.05) is 0 Å². The van der Waals surface area contributed by atoms with Crippen molar-refractivity contribution in [2.75, 3.05) is 31.2 Å². The van der Waals surface area contributed by atoms with E-state index < -0.39 is 0 Å². The molecule has 184 valence electrons. The number of carbonyl (C=O) groups is 1. The number of hydrogen-bond acceptors (Lipinski definition) is 8. The molecule has 1 atom stereocenters. The molecule has 4 heterocycles. The maximum Gasteiger partial charge on any atom is 0.223 e. The molecule has 1 aliphatic heterocycles. The predicted molar refractivity (Wildman–Crippen MR) is 133 cm³/mol. The number of pyridine rings is 1. The molecule has 0 bridgehead atoms. The van der Waals surface area contributed by atoms with Gasteiger partial charge in [0.25, 0.3) is 0 Å². The topological polar surface area (TPSA) is 135 Å². The van der Waals surface area contributed by atoms with E-state index in [2.05, 4.69) is 20.3 Å². The largest absolute Gasteiger partial charge is 0.493 e. The minimum absolute atomic E-state index is 0.0527. The van der Waals surface area contributed by atoms with E-state index in [4.69, 9.17) is 20.4 Å². The van der Waals surface area contributed by atoms with Crippen LogP contribution >= 0.6 is 0 Å². The Balaban J connectivity index is 1.54. The Kier molecular flexibility index (Phi) is 6.19.